The topological polar surface area (TPSA) is 61.7 Å². The van der Waals surface area contributed by atoms with Gasteiger partial charge in [-0.3, -0.25) is 4.98 Å². The highest BCUT2D eigenvalue weighted by molar-refractivity contribution is 5.62. The number of hydrogen-bond donors (Lipinski definition) is 0. The molecule has 0 spiro atoms. The van der Waals surface area contributed by atoms with Crippen LogP contribution in [-0.4, -0.2) is 4.98 Å². The molecule has 0 saturated carbocycles. The van der Waals surface area contributed by atoms with Crippen LogP contribution in [-0.2, 0) is 6.54 Å². The summed E-state index contributed by atoms with van der Waals surface area (Å²) in [4.78, 5) is 6.79. The van der Waals surface area contributed by atoms with Gasteiger partial charge in [0.25, 0.3) is 0 Å². The zero-order valence-corrected chi connectivity index (χ0v) is 8.61. The third kappa shape index (κ3) is 2.38. The smallest absolute Gasteiger partial charge is 0.0510 e. The van der Waals surface area contributed by atoms with E-state index in [4.69, 9.17) is 5.53 Å². The van der Waals surface area contributed by atoms with E-state index in [2.05, 4.69) is 15.0 Å². The Hall–Kier alpha value is -2.32. The summed E-state index contributed by atoms with van der Waals surface area (Å²) in [5.74, 6) is 0. The second-order valence-corrected chi connectivity index (χ2v) is 3.33. The molecule has 16 heavy (non-hydrogen) atoms. The monoisotopic (exact) mass is 210 g/mol. The summed E-state index contributed by atoms with van der Waals surface area (Å²) in [5.41, 5.74) is 11.4. The molecule has 0 aliphatic heterocycles. The number of hydrogen-bond acceptors (Lipinski definition) is 2. The molecule has 0 saturated heterocycles. The van der Waals surface area contributed by atoms with Gasteiger partial charge >= 0.3 is 0 Å². The molecule has 2 aromatic rings. The average molecular weight is 210 g/mol. The van der Waals surface area contributed by atoms with Gasteiger partial charge < -0.3 is 0 Å². The Morgan fingerprint density at radius 3 is 2.56 bits per heavy atom. The normalized spacial score (nSPS) is 9.50. The predicted molar refractivity (Wildman–Crippen MR) is 62.5 cm³/mol. The van der Waals surface area contributed by atoms with Crippen LogP contribution in [0.1, 0.15) is 5.56 Å². The van der Waals surface area contributed by atoms with Crippen LogP contribution in [0.25, 0.3) is 21.6 Å². The van der Waals surface area contributed by atoms with Crippen molar-refractivity contribution in [3.63, 3.8) is 0 Å². The molecular weight excluding hydrogens is 200 g/mol. The molecule has 2 rings (SSSR count). The lowest BCUT2D eigenvalue weighted by Crippen LogP contribution is -1.82. The first-order chi connectivity index (χ1) is 7.90. The van der Waals surface area contributed by atoms with E-state index in [1.807, 2.05) is 42.6 Å². The zero-order chi connectivity index (χ0) is 11.2. The highest BCUT2D eigenvalue weighted by Crippen LogP contribution is 2.18. The SMILES string of the molecule is [N-]=[N+]=NCc1ccc(-c2cccnc2)cc1. The number of nitrogens with zero attached hydrogens (tertiary/aromatic N) is 4. The summed E-state index contributed by atoms with van der Waals surface area (Å²) < 4.78 is 0. The molecule has 0 aliphatic rings. The van der Waals surface area contributed by atoms with Crippen LogP contribution in [0.4, 0.5) is 0 Å². The van der Waals surface area contributed by atoms with Crippen LogP contribution >= 0.6 is 0 Å². The van der Waals surface area contributed by atoms with Crippen molar-refractivity contribution in [3.8, 4) is 11.1 Å². The number of aromatic nitrogens is 1. The molecule has 0 aliphatic carbocycles. The maximum Gasteiger partial charge on any atom is 0.0510 e. The second-order valence-electron chi connectivity index (χ2n) is 3.33. The molecule has 0 unspecified atom stereocenters. The Kier molecular flexibility index (Phi) is 3.16. The molecule has 1 aromatic carbocycles. The molecule has 0 fully saturated rings. The Labute approximate surface area is 93.2 Å². The number of rotatable bonds is 3. The highest BCUT2D eigenvalue weighted by atomic mass is 15.1. The van der Waals surface area contributed by atoms with Crippen molar-refractivity contribution < 1.29 is 0 Å². The van der Waals surface area contributed by atoms with Crippen LogP contribution in [0.3, 0.4) is 0 Å². The third-order valence-electron chi connectivity index (χ3n) is 2.27. The van der Waals surface area contributed by atoms with Crippen molar-refractivity contribution in [2.24, 2.45) is 5.11 Å². The van der Waals surface area contributed by atoms with Gasteiger partial charge in [0.15, 0.2) is 0 Å². The fraction of sp³-hybridized carbons (Fsp3) is 0.0833. The van der Waals surface area contributed by atoms with E-state index in [0.29, 0.717) is 6.54 Å². The molecule has 78 valence electrons. The van der Waals surface area contributed by atoms with Gasteiger partial charge in [0, 0.05) is 17.3 Å². The lowest BCUT2D eigenvalue weighted by atomic mass is 10.1. The first kappa shape index (κ1) is 10.2. The van der Waals surface area contributed by atoms with Crippen LogP contribution in [0.2, 0.25) is 0 Å². The summed E-state index contributed by atoms with van der Waals surface area (Å²) in [6, 6.07) is 11.8. The molecule has 0 amide bonds. The minimum atomic E-state index is 0.393. The van der Waals surface area contributed by atoms with Crippen molar-refractivity contribution in [3.05, 3.63) is 64.8 Å². The van der Waals surface area contributed by atoms with Crippen molar-refractivity contribution >= 4 is 0 Å². The molecular formula is C12H10N4. The number of pyridine rings is 1. The number of azide groups is 1. The first-order valence-electron chi connectivity index (χ1n) is 4.90. The largest absolute Gasteiger partial charge is 0.264 e. The Bertz CT molecular complexity index is 498. The van der Waals surface area contributed by atoms with Crippen LogP contribution in [0, 0.1) is 0 Å². The first-order valence-corrected chi connectivity index (χ1v) is 4.90. The fourth-order valence-electron chi connectivity index (χ4n) is 1.45. The van der Waals surface area contributed by atoms with E-state index >= 15 is 0 Å². The van der Waals surface area contributed by atoms with Crippen LogP contribution in [0.5, 0.6) is 0 Å². The summed E-state index contributed by atoms with van der Waals surface area (Å²) in [6.45, 7) is 0.393. The second kappa shape index (κ2) is 4.96. The molecule has 0 atom stereocenters. The fourth-order valence-corrected chi connectivity index (χ4v) is 1.45. The van der Waals surface area contributed by atoms with E-state index in [9.17, 15) is 0 Å². The highest BCUT2D eigenvalue weighted by Gasteiger charge is 1.96. The van der Waals surface area contributed by atoms with Gasteiger partial charge in [-0.2, -0.15) is 0 Å². The van der Waals surface area contributed by atoms with Crippen molar-refractivity contribution in [2.75, 3.05) is 0 Å². The van der Waals surface area contributed by atoms with E-state index in [-0.39, 0.29) is 0 Å². The molecule has 1 aromatic heterocycles. The molecule has 0 bridgehead atoms. The number of benzene rings is 1. The Morgan fingerprint density at radius 2 is 1.94 bits per heavy atom. The quantitative estimate of drug-likeness (QED) is 0.434. The minimum Gasteiger partial charge on any atom is -0.264 e. The van der Waals surface area contributed by atoms with E-state index in [1.54, 1.807) is 6.20 Å². The van der Waals surface area contributed by atoms with Crippen LogP contribution in [0.15, 0.2) is 53.9 Å². The van der Waals surface area contributed by atoms with Gasteiger partial charge in [-0.15, -0.1) is 0 Å². The van der Waals surface area contributed by atoms with Crippen LogP contribution < -0.4 is 0 Å². The average Bonchev–Trinajstić information content (AvgIpc) is 2.38. The summed E-state index contributed by atoms with van der Waals surface area (Å²) in [6.07, 6.45) is 3.57. The molecule has 0 N–H and O–H groups in total. The molecule has 4 nitrogen and oxygen atoms in total. The van der Waals surface area contributed by atoms with Gasteiger partial charge in [0.2, 0.25) is 0 Å². The Balaban J connectivity index is 2.23. The van der Waals surface area contributed by atoms with Gasteiger partial charge in [0.05, 0.1) is 6.54 Å². The molecule has 0 radical (unpaired) electrons. The lowest BCUT2D eigenvalue weighted by molar-refractivity contribution is 1.05. The summed E-state index contributed by atoms with van der Waals surface area (Å²) in [7, 11) is 0. The van der Waals surface area contributed by atoms with E-state index in [1.165, 1.54) is 0 Å². The molecule has 4 heteroatoms. The molecule has 1 heterocycles. The van der Waals surface area contributed by atoms with E-state index in [0.717, 1.165) is 16.7 Å². The van der Waals surface area contributed by atoms with Gasteiger partial charge in [-0.25, -0.2) is 0 Å². The third-order valence-corrected chi connectivity index (χ3v) is 2.27. The van der Waals surface area contributed by atoms with Gasteiger partial charge in [-0.05, 0) is 28.3 Å². The summed E-state index contributed by atoms with van der Waals surface area (Å²) >= 11 is 0. The van der Waals surface area contributed by atoms with E-state index < -0.39 is 0 Å². The maximum atomic E-state index is 8.21. The lowest BCUT2D eigenvalue weighted by Gasteiger charge is -2.01. The van der Waals surface area contributed by atoms with Gasteiger partial charge in [-0.1, -0.05) is 35.4 Å². The Morgan fingerprint density at radius 1 is 1.12 bits per heavy atom. The summed E-state index contributed by atoms with van der Waals surface area (Å²) in [5, 5.41) is 3.51. The van der Waals surface area contributed by atoms with Crippen molar-refractivity contribution in [2.45, 2.75) is 6.54 Å². The zero-order valence-electron chi connectivity index (χ0n) is 8.61. The predicted octanol–water partition coefficient (Wildman–Crippen LogP) is 3.56. The minimum absolute atomic E-state index is 0.393. The van der Waals surface area contributed by atoms with Crippen molar-refractivity contribution in [1.29, 1.82) is 0 Å². The van der Waals surface area contributed by atoms with Crippen molar-refractivity contribution in [1.82, 2.24) is 4.98 Å². The maximum absolute atomic E-state index is 8.21. The standard InChI is InChI=1S/C12H10N4/c13-16-15-8-10-3-5-11(6-4-10)12-2-1-7-14-9-12/h1-7,9H,8H2. The van der Waals surface area contributed by atoms with Gasteiger partial charge in [0.1, 0.15) is 0 Å².